The van der Waals surface area contributed by atoms with Crippen LogP contribution in [0.15, 0.2) is 0 Å². The molecule has 0 aromatic heterocycles. The van der Waals surface area contributed by atoms with Gasteiger partial charge in [0.2, 0.25) is 0 Å². The van der Waals surface area contributed by atoms with E-state index in [4.69, 9.17) is 14.2 Å². The van der Waals surface area contributed by atoms with E-state index in [9.17, 15) is 9.59 Å². The number of hydrogen-bond donors (Lipinski definition) is 1. The minimum Gasteiger partial charge on any atom is -0.453 e. The molecule has 4 fully saturated rings. The van der Waals surface area contributed by atoms with Gasteiger partial charge in [-0.2, -0.15) is 0 Å². The number of nitrogens with one attached hydrogen (secondary N) is 1. The molecule has 1 aliphatic carbocycles. The van der Waals surface area contributed by atoms with Crippen molar-refractivity contribution in [2.75, 3.05) is 66.1 Å². The van der Waals surface area contributed by atoms with Crippen molar-refractivity contribution in [3.8, 4) is 0 Å². The van der Waals surface area contributed by atoms with E-state index < -0.39 is 0 Å². The highest BCUT2D eigenvalue weighted by atomic mass is 16.6. The molecular weight excluding hydrogens is 438 g/mol. The predicted octanol–water partition coefficient (Wildman–Crippen LogP) is 1.61. The number of carbonyl (C=O) groups is 2. The van der Waals surface area contributed by atoms with Gasteiger partial charge in [-0.1, -0.05) is 0 Å². The number of fused-ring (bicyclic) bond motifs is 1. The molecule has 1 N–H and O–H groups in total. The van der Waals surface area contributed by atoms with E-state index in [1.165, 1.54) is 7.11 Å². The number of piperazine rings is 1. The Morgan fingerprint density at radius 1 is 1.03 bits per heavy atom. The summed E-state index contributed by atoms with van der Waals surface area (Å²) in [4.78, 5) is 31.8. The van der Waals surface area contributed by atoms with Gasteiger partial charge in [-0.3, -0.25) is 15.2 Å². The Kier molecular flexibility index (Phi) is 8.55. The highest BCUT2D eigenvalue weighted by molar-refractivity contribution is 5.72. The second-order valence-corrected chi connectivity index (χ2v) is 10.5. The monoisotopic (exact) mass is 481 g/mol. The summed E-state index contributed by atoms with van der Waals surface area (Å²) in [5.41, 5.74) is 3.60. The highest BCUT2D eigenvalue weighted by Crippen LogP contribution is 2.40. The van der Waals surface area contributed by atoms with E-state index in [1.807, 2.05) is 30.6 Å². The van der Waals surface area contributed by atoms with Crippen LogP contribution in [0.1, 0.15) is 40.0 Å². The van der Waals surface area contributed by atoms with Crippen molar-refractivity contribution in [2.24, 2.45) is 11.8 Å². The first kappa shape index (κ1) is 25.5. The van der Waals surface area contributed by atoms with Gasteiger partial charge in [0.15, 0.2) is 0 Å². The molecule has 3 saturated heterocycles. The summed E-state index contributed by atoms with van der Waals surface area (Å²) in [5, 5.41) is 2.36. The lowest BCUT2D eigenvalue weighted by Gasteiger charge is -2.53. The van der Waals surface area contributed by atoms with Crippen LogP contribution in [0.3, 0.4) is 0 Å². The summed E-state index contributed by atoms with van der Waals surface area (Å²) in [5.74, 6) is 1.05. The molecule has 1 saturated carbocycles. The van der Waals surface area contributed by atoms with Gasteiger partial charge in [0.25, 0.3) is 0 Å². The standard InChI is InChI=1S/C24H43N5O5/c1-17(2)34-23(30)28-15-18(3)29(24(31)32-4)21-6-5-19(13-22(21)28)20-14-25-27(16-20)8-7-26-9-11-33-12-10-26/h17-22,25H,5-16H2,1-4H3/t18-,19?,20?,21?,22?/m0/s1. The normalized spacial score (nSPS) is 33.1. The maximum Gasteiger partial charge on any atom is 0.410 e. The van der Waals surface area contributed by atoms with Gasteiger partial charge in [-0.25, -0.2) is 14.6 Å². The van der Waals surface area contributed by atoms with Gasteiger partial charge in [0, 0.05) is 45.8 Å². The average molecular weight is 482 g/mol. The van der Waals surface area contributed by atoms with Crippen LogP contribution >= 0.6 is 0 Å². The van der Waals surface area contributed by atoms with Crippen molar-refractivity contribution in [1.82, 2.24) is 25.1 Å². The Morgan fingerprint density at radius 3 is 2.50 bits per heavy atom. The molecule has 5 atom stereocenters. The van der Waals surface area contributed by atoms with E-state index >= 15 is 0 Å². The van der Waals surface area contributed by atoms with E-state index in [-0.39, 0.29) is 36.4 Å². The predicted molar refractivity (Wildman–Crippen MR) is 127 cm³/mol. The fourth-order valence-electron chi connectivity index (χ4n) is 6.22. The second-order valence-electron chi connectivity index (χ2n) is 10.5. The lowest BCUT2D eigenvalue weighted by Crippen LogP contribution is -2.67. The SMILES string of the molecule is COC(=O)N1C2CCC(C3CNN(CCN4CCOCC4)C3)CC2N(C(=O)OC(C)C)C[C@@H]1C. The highest BCUT2D eigenvalue weighted by Gasteiger charge is 2.49. The largest absolute Gasteiger partial charge is 0.453 e. The lowest BCUT2D eigenvalue weighted by atomic mass is 9.73. The molecule has 4 rings (SSSR count). The third kappa shape index (κ3) is 5.78. The Hall–Kier alpha value is -1.62. The molecule has 3 heterocycles. The topological polar surface area (TPSA) is 86.8 Å². The number of amides is 2. The van der Waals surface area contributed by atoms with Gasteiger partial charge >= 0.3 is 12.2 Å². The second kappa shape index (κ2) is 11.4. The number of hydrazine groups is 1. The lowest BCUT2D eigenvalue weighted by molar-refractivity contribution is -0.0444. The number of morpholine rings is 1. The van der Waals surface area contributed by atoms with E-state index in [0.717, 1.165) is 71.7 Å². The molecule has 0 aromatic rings. The van der Waals surface area contributed by atoms with Crippen LogP contribution in [0, 0.1) is 11.8 Å². The molecule has 0 aromatic carbocycles. The van der Waals surface area contributed by atoms with E-state index in [2.05, 4.69) is 15.3 Å². The van der Waals surface area contributed by atoms with Crippen molar-refractivity contribution in [2.45, 2.75) is 64.3 Å². The van der Waals surface area contributed by atoms with E-state index in [0.29, 0.717) is 18.4 Å². The Bertz CT molecular complexity index is 703. The van der Waals surface area contributed by atoms with Gasteiger partial charge < -0.3 is 19.1 Å². The molecule has 10 nitrogen and oxygen atoms in total. The number of ether oxygens (including phenoxy) is 3. The first-order chi connectivity index (χ1) is 16.4. The number of rotatable bonds is 5. The fraction of sp³-hybridized carbons (Fsp3) is 0.917. The van der Waals surface area contributed by atoms with Crippen LogP contribution in [-0.2, 0) is 14.2 Å². The smallest absolute Gasteiger partial charge is 0.410 e. The molecule has 0 radical (unpaired) electrons. The van der Waals surface area contributed by atoms with Gasteiger partial charge in [0.1, 0.15) is 0 Å². The molecule has 4 unspecified atom stereocenters. The summed E-state index contributed by atoms with van der Waals surface area (Å²) in [6.45, 7) is 14.0. The van der Waals surface area contributed by atoms with Gasteiger partial charge in [0.05, 0.1) is 44.6 Å². The van der Waals surface area contributed by atoms with Crippen LogP contribution in [0.2, 0.25) is 0 Å². The van der Waals surface area contributed by atoms with Crippen LogP contribution < -0.4 is 5.43 Å². The maximum absolute atomic E-state index is 13.0. The Balaban J connectivity index is 1.39. The van der Waals surface area contributed by atoms with Crippen molar-refractivity contribution in [1.29, 1.82) is 0 Å². The summed E-state index contributed by atoms with van der Waals surface area (Å²) < 4.78 is 16.2. The van der Waals surface area contributed by atoms with Crippen molar-refractivity contribution >= 4 is 12.2 Å². The van der Waals surface area contributed by atoms with Crippen molar-refractivity contribution < 1.29 is 23.8 Å². The summed E-state index contributed by atoms with van der Waals surface area (Å²) in [7, 11) is 1.44. The number of methoxy groups -OCH3 is 1. The fourth-order valence-corrected chi connectivity index (χ4v) is 6.22. The zero-order chi connectivity index (χ0) is 24.2. The minimum absolute atomic E-state index is 0.0288. The molecule has 0 bridgehead atoms. The van der Waals surface area contributed by atoms with Crippen LogP contribution in [0.25, 0.3) is 0 Å². The van der Waals surface area contributed by atoms with Crippen molar-refractivity contribution in [3.05, 3.63) is 0 Å². The third-order valence-electron chi connectivity index (χ3n) is 7.96. The number of hydrogen-bond acceptors (Lipinski definition) is 8. The molecule has 2 amide bonds. The Labute approximate surface area is 203 Å². The molecule has 4 aliphatic rings. The van der Waals surface area contributed by atoms with Crippen LogP contribution in [-0.4, -0.2) is 122 Å². The summed E-state index contributed by atoms with van der Waals surface area (Å²) in [6, 6.07) is -0.171. The first-order valence-electron chi connectivity index (χ1n) is 13.0. The summed E-state index contributed by atoms with van der Waals surface area (Å²) in [6.07, 6.45) is 2.09. The number of nitrogens with zero attached hydrogens (tertiary/aromatic N) is 4. The molecular formula is C24H43N5O5. The molecule has 10 heteroatoms. The first-order valence-corrected chi connectivity index (χ1v) is 13.0. The van der Waals surface area contributed by atoms with E-state index in [1.54, 1.807) is 0 Å². The van der Waals surface area contributed by atoms with Crippen molar-refractivity contribution in [3.63, 3.8) is 0 Å². The zero-order valence-corrected chi connectivity index (χ0v) is 21.3. The molecule has 194 valence electrons. The zero-order valence-electron chi connectivity index (χ0n) is 21.3. The van der Waals surface area contributed by atoms with Gasteiger partial charge in [-0.05, 0) is 51.9 Å². The molecule has 0 spiro atoms. The van der Waals surface area contributed by atoms with Crippen LogP contribution in [0.4, 0.5) is 9.59 Å². The summed E-state index contributed by atoms with van der Waals surface area (Å²) >= 11 is 0. The number of carbonyl (C=O) groups excluding carboxylic acids is 2. The van der Waals surface area contributed by atoms with Crippen LogP contribution in [0.5, 0.6) is 0 Å². The quantitative estimate of drug-likeness (QED) is 0.634. The molecule has 3 aliphatic heterocycles. The van der Waals surface area contributed by atoms with Gasteiger partial charge in [-0.15, -0.1) is 0 Å². The maximum atomic E-state index is 13.0. The molecule has 34 heavy (non-hydrogen) atoms. The minimum atomic E-state index is -0.297. The third-order valence-corrected chi connectivity index (χ3v) is 7.96. The Morgan fingerprint density at radius 2 is 1.79 bits per heavy atom. The average Bonchev–Trinajstić information content (AvgIpc) is 3.31.